The molecule has 0 radical (unpaired) electrons. The molecule has 3 N–H and O–H groups in total. The van der Waals surface area contributed by atoms with Gasteiger partial charge in [-0.05, 0) is 41.8 Å². The van der Waals surface area contributed by atoms with Crippen molar-refractivity contribution in [3.8, 4) is 5.82 Å². The van der Waals surface area contributed by atoms with Crippen LogP contribution in [0.4, 0.5) is 11.8 Å². The first-order valence-corrected chi connectivity index (χ1v) is 15.3. The fourth-order valence-corrected chi connectivity index (χ4v) is 5.04. The van der Waals surface area contributed by atoms with E-state index in [2.05, 4.69) is 30.9 Å². The Morgan fingerprint density at radius 3 is 2.52 bits per heavy atom. The molecule has 0 bridgehead atoms. The highest BCUT2D eigenvalue weighted by Crippen LogP contribution is 2.21. The van der Waals surface area contributed by atoms with Gasteiger partial charge in [0.25, 0.3) is 0 Å². The van der Waals surface area contributed by atoms with E-state index in [9.17, 15) is 13.2 Å². The third-order valence-corrected chi connectivity index (χ3v) is 7.50. The standard InChI is InChI=1S/C26H26Cl3N7O3S/c1-40(38,39)10-7-22(25(37)31-15-18-5-6-20(28)12-21(18)29)33-23-13-24(36-9-8-30-16-36)35-26(34-23)32-14-17-3-2-4-19(27)11-17/h2-6,8-9,11-13,16,22H,7,10,14-15H2,1H3,(H,31,37)(H2,32,33,34,35)/t22-/m1/s1. The minimum absolute atomic E-state index is 0.00864. The molecule has 0 aliphatic heterocycles. The summed E-state index contributed by atoms with van der Waals surface area (Å²) < 4.78 is 25.5. The monoisotopic (exact) mass is 621 g/mol. The number of nitrogens with one attached hydrogen (secondary N) is 3. The lowest BCUT2D eigenvalue weighted by molar-refractivity contribution is -0.122. The zero-order valence-corrected chi connectivity index (χ0v) is 24.4. The van der Waals surface area contributed by atoms with E-state index in [1.54, 1.807) is 53.6 Å². The van der Waals surface area contributed by atoms with Gasteiger partial charge in [0.05, 0.1) is 5.75 Å². The van der Waals surface area contributed by atoms with Crippen molar-refractivity contribution in [1.29, 1.82) is 0 Å². The lowest BCUT2D eigenvalue weighted by Crippen LogP contribution is -2.40. The third-order valence-electron chi connectivity index (χ3n) is 5.71. The highest BCUT2D eigenvalue weighted by atomic mass is 35.5. The van der Waals surface area contributed by atoms with Crippen LogP contribution in [0.5, 0.6) is 0 Å². The van der Waals surface area contributed by atoms with Crippen LogP contribution in [-0.4, -0.2) is 51.9 Å². The van der Waals surface area contributed by atoms with E-state index in [0.717, 1.165) is 11.8 Å². The fourth-order valence-electron chi connectivity index (χ4n) is 3.69. The van der Waals surface area contributed by atoms with Gasteiger partial charge in [0, 0.05) is 52.9 Å². The normalized spacial score (nSPS) is 12.1. The zero-order valence-electron chi connectivity index (χ0n) is 21.3. The second-order valence-corrected chi connectivity index (χ2v) is 12.5. The molecule has 4 aromatic rings. The van der Waals surface area contributed by atoms with Gasteiger partial charge in [-0.2, -0.15) is 9.97 Å². The average Bonchev–Trinajstić information content (AvgIpc) is 3.44. The molecule has 40 heavy (non-hydrogen) atoms. The van der Waals surface area contributed by atoms with Gasteiger partial charge in [-0.3, -0.25) is 9.36 Å². The first-order valence-electron chi connectivity index (χ1n) is 12.1. The molecular formula is C26H26Cl3N7O3S. The molecule has 0 aliphatic rings. The second kappa shape index (κ2) is 13.3. The Labute approximate surface area is 247 Å². The summed E-state index contributed by atoms with van der Waals surface area (Å²) in [5, 5.41) is 10.6. The van der Waals surface area contributed by atoms with E-state index in [0.29, 0.717) is 38.8 Å². The van der Waals surface area contributed by atoms with Crippen LogP contribution in [0.3, 0.4) is 0 Å². The number of imidazole rings is 1. The van der Waals surface area contributed by atoms with Crippen LogP contribution < -0.4 is 16.0 Å². The van der Waals surface area contributed by atoms with Crippen molar-refractivity contribution in [2.45, 2.75) is 25.6 Å². The number of nitrogens with zero attached hydrogens (tertiary/aromatic N) is 4. The zero-order chi connectivity index (χ0) is 28.7. The topological polar surface area (TPSA) is 131 Å². The minimum Gasteiger partial charge on any atom is -0.358 e. The smallest absolute Gasteiger partial charge is 0.242 e. The van der Waals surface area contributed by atoms with Crippen LogP contribution in [0.2, 0.25) is 15.1 Å². The number of sulfone groups is 1. The summed E-state index contributed by atoms with van der Waals surface area (Å²) >= 11 is 18.3. The molecule has 2 aromatic carbocycles. The van der Waals surface area contributed by atoms with Gasteiger partial charge < -0.3 is 16.0 Å². The van der Waals surface area contributed by atoms with Gasteiger partial charge in [0.2, 0.25) is 11.9 Å². The van der Waals surface area contributed by atoms with Crippen LogP contribution in [0.15, 0.2) is 67.3 Å². The first kappa shape index (κ1) is 29.6. The molecule has 0 unspecified atom stereocenters. The molecule has 1 amide bonds. The van der Waals surface area contributed by atoms with Crippen molar-refractivity contribution in [1.82, 2.24) is 24.8 Å². The van der Waals surface area contributed by atoms with Crippen molar-refractivity contribution >= 4 is 62.3 Å². The number of halogens is 3. The van der Waals surface area contributed by atoms with Crippen LogP contribution in [0.1, 0.15) is 17.5 Å². The Morgan fingerprint density at radius 2 is 1.82 bits per heavy atom. The van der Waals surface area contributed by atoms with Crippen LogP contribution in [0, 0.1) is 0 Å². The molecule has 4 rings (SSSR count). The van der Waals surface area contributed by atoms with Crippen LogP contribution in [-0.2, 0) is 27.7 Å². The highest BCUT2D eigenvalue weighted by Gasteiger charge is 2.22. The number of hydrogen-bond acceptors (Lipinski definition) is 8. The van der Waals surface area contributed by atoms with Gasteiger partial charge in [-0.25, -0.2) is 13.4 Å². The summed E-state index contributed by atoms with van der Waals surface area (Å²) in [6, 6.07) is 13.1. The van der Waals surface area contributed by atoms with Crippen molar-refractivity contribution in [3.63, 3.8) is 0 Å². The van der Waals surface area contributed by atoms with E-state index in [1.807, 2.05) is 18.2 Å². The minimum atomic E-state index is -3.34. The number of carbonyl (C=O) groups is 1. The largest absolute Gasteiger partial charge is 0.358 e. The summed E-state index contributed by atoms with van der Waals surface area (Å²) in [4.78, 5) is 26.4. The first-order chi connectivity index (χ1) is 19.1. The Kier molecular flexibility index (Phi) is 9.85. The maximum atomic E-state index is 13.2. The molecule has 10 nitrogen and oxygen atoms in total. The summed E-state index contributed by atoms with van der Waals surface area (Å²) in [7, 11) is -3.34. The van der Waals surface area contributed by atoms with Crippen molar-refractivity contribution < 1.29 is 13.2 Å². The number of benzene rings is 2. The summed E-state index contributed by atoms with van der Waals surface area (Å²) in [6.07, 6.45) is 6.04. The van der Waals surface area contributed by atoms with Crippen molar-refractivity contribution in [2.75, 3.05) is 22.6 Å². The van der Waals surface area contributed by atoms with Gasteiger partial charge in [-0.15, -0.1) is 0 Å². The van der Waals surface area contributed by atoms with E-state index in [1.165, 1.54) is 0 Å². The molecule has 0 aliphatic carbocycles. The summed E-state index contributed by atoms with van der Waals surface area (Å²) in [5.41, 5.74) is 1.59. The lowest BCUT2D eigenvalue weighted by Gasteiger charge is -2.20. The molecule has 0 fully saturated rings. The van der Waals surface area contributed by atoms with E-state index >= 15 is 0 Å². The van der Waals surface area contributed by atoms with Gasteiger partial charge in [0.1, 0.15) is 33.8 Å². The molecule has 0 saturated carbocycles. The summed E-state index contributed by atoms with van der Waals surface area (Å²) in [5.74, 6) is 0.443. The number of aromatic nitrogens is 4. The predicted molar refractivity (Wildman–Crippen MR) is 158 cm³/mol. The van der Waals surface area contributed by atoms with Crippen molar-refractivity contribution in [3.05, 3.63) is 93.4 Å². The van der Waals surface area contributed by atoms with Crippen molar-refractivity contribution in [2.24, 2.45) is 0 Å². The number of rotatable bonds is 12. The molecule has 2 heterocycles. The SMILES string of the molecule is CS(=O)(=O)CC[C@@H](Nc1cc(-n2ccnc2)nc(NCc2cccc(Cl)c2)n1)C(=O)NCc1ccc(Cl)cc1Cl. The van der Waals surface area contributed by atoms with Gasteiger partial charge in [0.15, 0.2) is 0 Å². The maximum absolute atomic E-state index is 13.2. The number of amides is 1. The maximum Gasteiger partial charge on any atom is 0.242 e. The molecular weight excluding hydrogens is 597 g/mol. The van der Waals surface area contributed by atoms with Crippen LogP contribution in [0.25, 0.3) is 5.82 Å². The second-order valence-electron chi connectivity index (χ2n) is 8.96. The summed E-state index contributed by atoms with van der Waals surface area (Å²) in [6.45, 7) is 0.523. The number of carbonyl (C=O) groups excluding carboxylic acids is 1. The molecule has 2 aromatic heterocycles. The molecule has 1 atom stereocenters. The van der Waals surface area contributed by atoms with Gasteiger partial charge in [-0.1, -0.05) is 53.0 Å². The molecule has 0 saturated heterocycles. The predicted octanol–water partition coefficient (Wildman–Crippen LogP) is 4.77. The molecule has 0 spiro atoms. The lowest BCUT2D eigenvalue weighted by atomic mass is 10.2. The highest BCUT2D eigenvalue weighted by molar-refractivity contribution is 7.90. The van der Waals surface area contributed by atoms with E-state index in [-0.39, 0.29) is 24.7 Å². The number of anilines is 2. The Bertz CT molecular complexity index is 1580. The fraction of sp³-hybridized carbons (Fsp3) is 0.231. The van der Waals surface area contributed by atoms with E-state index < -0.39 is 21.8 Å². The Balaban J connectivity index is 1.57. The van der Waals surface area contributed by atoms with Gasteiger partial charge >= 0.3 is 0 Å². The Hall–Kier alpha value is -3.38. The quantitative estimate of drug-likeness (QED) is 0.206. The third kappa shape index (κ3) is 8.82. The Morgan fingerprint density at radius 1 is 1.02 bits per heavy atom. The molecule has 14 heteroatoms. The van der Waals surface area contributed by atoms with Crippen LogP contribution >= 0.6 is 34.8 Å². The average molecular weight is 623 g/mol. The van der Waals surface area contributed by atoms with E-state index in [4.69, 9.17) is 34.8 Å². The number of hydrogen-bond donors (Lipinski definition) is 3. The molecule has 210 valence electrons.